The van der Waals surface area contributed by atoms with Crippen LogP contribution in [0.3, 0.4) is 0 Å². The topological polar surface area (TPSA) is 605 Å². The van der Waals surface area contributed by atoms with Crippen molar-refractivity contribution in [2.75, 3.05) is 64.9 Å². The van der Waals surface area contributed by atoms with Crippen LogP contribution < -0.4 is 70.4 Å². The number of phenolic OH excluding ortho intramolecular Hbond substituents is 1. The molecule has 3 aromatic heterocycles. The van der Waals surface area contributed by atoms with Gasteiger partial charge in [0.15, 0.2) is 0 Å². The van der Waals surface area contributed by atoms with Crippen molar-refractivity contribution in [2.24, 2.45) is 23.1 Å². The maximum Gasteiger partial charge on any atom is 0.246 e. The van der Waals surface area contributed by atoms with Crippen LogP contribution in [0.2, 0.25) is 0 Å². The van der Waals surface area contributed by atoms with Crippen LogP contribution >= 0.6 is 11.8 Å². The third-order valence-electron chi connectivity index (χ3n) is 23.9. The number of thioether (sulfide) groups is 1. The van der Waals surface area contributed by atoms with Gasteiger partial charge in [-0.05, 0) is 125 Å². The number of rotatable bonds is 22. The summed E-state index contributed by atoms with van der Waals surface area (Å²) in [4.78, 5) is 268. The Hall–Kier alpha value is -13.0. The fourth-order valence-electron chi connectivity index (χ4n) is 16.8. The molecule has 3 aromatic carbocycles. The SMILES string of the molecule is CCCC[C@H]1C(=O)N2CCC[C@@H]2C(=O)N[C@@H](CCCN)C(=O)N[C@H](C(=O)NCC(N)=O)CSCC(=O)N[C@@H](Cc2ccc(O)cc2)C(=O)N(C)[C@@H](C)C(=O)N[C@@H](CC(N)=O)C(=O)N2CCC[C@H]2C(=O)N[C@@H](Cc2cnc[nH]2)C(=O)N[C@@H](CC(C)C)C(=O)N2CCCC2C(=O)N[C@@H](Cc2c[nH]c3ccccc23)C(=O)N[C@@H](CO)C(=O)N[C@@H](Cc2c[nH]c3ccccc23)C(=O)N1C. The number of carbonyl (C=O) groups excluding carboxylic acids is 17. The van der Waals surface area contributed by atoms with Crippen LogP contribution in [0.1, 0.15) is 134 Å². The first-order valence-electron chi connectivity index (χ1n) is 43.9. The highest BCUT2D eigenvalue weighted by atomic mass is 32.2. The number of nitrogens with one attached hydrogen (secondary N) is 13. The molecule has 4 saturated heterocycles. The lowest BCUT2D eigenvalue weighted by Crippen LogP contribution is -2.61. The van der Waals surface area contributed by atoms with Crippen molar-refractivity contribution in [2.45, 2.75) is 221 Å². The second-order valence-corrected chi connectivity index (χ2v) is 34.8. The van der Waals surface area contributed by atoms with E-state index in [2.05, 4.69) is 73.1 Å². The largest absolute Gasteiger partial charge is 0.508 e. The van der Waals surface area contributed by atoms with Crippen LogP contribution in [-0.4, -0.2) is 305 Å². The molecule has 0 spiro atoms. The van der Waals surface area contributed by atoms with E-state index in [0.29, 0.717) is 57.0 Å². The minimum absolute atomic E-state index is 0.00114. The number of benzene rings is 3. The van der Waals surface area contributed by atoms with Crippen LogP contribution in [-0.2, 0) is 107 Å². The summed E-state index contributed by atoms with van der Waals surface area (Å²) in [5.41, 5.74) is 20.3. The fourth-order valence-corrected chi connectivity index (χ4v) is 17.6. The predicted octanol–water partition coefficient (Wildman–Crippen LogP) is -2.45. The summed E-state index contributed by atoms with van der Waals surface area (Å²) in [6.07, 6.45) is 6.20. The van der Waals surface area contributed by atoms with Gasteiger partial charge in [0.2, 0.25) is 100 Å². The number of aliphatic hydroxyl groups is 1. The van der Waals surface area contributed by atoms with E-state index in [4.69, 9.17) is 17.2 Å². The molecular weight excluding hydrogens is 1700 g/mol. The summed E-state index contributed by atoms with van der Waals surface area (Å²) in [7, 11) is 2.61. The number of nitrogens with two attached hydrogens (primary N) is 3. The summed E-state index contributed by atoms with van der Waals surface area (Å²) in [6, 6.07) is -0.757. The summed E-state index contributed by atoms with van der Waals surface area (Å²) in [6.45, 7) is 4.95. The number of aromatic hydroxyl groups is 1. The lowest BCUT2D eigenvalue weighted by molar-refractivity contribution is -0.149. The molecule has 130 heavy (non-hydrogen) atoms. The lowest BCUT2D eigenvalue weighted by Gasteiger charge is -2.35. The van der Waals surface area contributed by atoms with Crippen LogP contribution in [0.15, 0.2) is 97.7 Å². The van der Waals surface area contributed by atoms with Gasteiger partial charge in [0.1, 0.15) is 90.3 Å². The van der Waals surface area contributed by atoms with E-state index in [1.54, 1.807) is 74.8 Å². The normalized spacial score (nSPS) is 25.2. The van der Waals surface area contributed by atoms with Crippen molar-refractivity contribution in [3.05, 3.63) is 120 Å². The number of fused-ring (bicyclic) bond motifs is 5. The first-order chi connectivity index (χ1) is 62.2. The number of carbonyl (C=O) groups is 17. The Morgan fingerprint density at radius 2 is 1.02 bits per heavy atom. The maximum absolute atomic E-state index is 15.6. The Balaban J connectivity index is 0.993. The van der Waals surface area contributed by atoms with Gasteiger partial charge in [-0.3, -0.25) is 81.5 Å². The average Bonchev–Trinajstić information content (AvgIpc) is 1.55. The molecule has 42 heteroatoms. The number of unbranched alkanes of at least 4 members (excludes halogenated alkanes) is 1. The van der Waals surface area contributed by atoms with E-state index in [0.717, 1.165) is 21.6 Å². The highest BCUT2D eigenvalue weighted by Gasteiger charge is 2.46. The van der Waals surface area contributed by atoms with E-state index in [-0.39, 0.29) is 128 Å². The molecule has 4 fully saturated rings. The van der Waals surface area contributed by atoms with Crippen molar-refractivity contribution in [1.29, 1.82) is 0 Å². The summed E-state index contributed by atoms with van der Waals surface area (Å²) in [5, 5.41) is 49.5. The average molecular weight is 1820 g/mol. The molecule has 702 valence electrons. The van der Waals surface area contributed by atoms with Gasteiger partial charge in [-0.1, -0.05) is 82.1 Å². The summed E-state index contributed by atoms with van der Waals surface area (Å²) in [5.74, 6) is -16.4. The Labute approximate surface area is 755 Å². The standard InChI is InChI=1S/C88H120N22O19S/c1-7-8-22-71-88(129)110-33-16-25-70(110)81(122)98-59(21-13-30-89)77(118)105-67(76(117)95-43-73(91)114)45-130-46-74(115)97-63(35-50-26-28-54(112)29-27-50)84(125)106(5)49(4)75(116)101-65(39-72(90)113)87(128)109-32-15-24-69(109)83(124)100-61(38-53-42-92-47-96-53)79(120)102-62(34-48(2)3)86(127)108-31-14-23-68(108)82(123)99-60(36-51-40-93-57-19-11-9-17-55(51)57)78(119)104-66(44-111)80(121)103-64(85(126)107(71)6)37-52-41-94-58-20-12-10-18-56(52)58/h9-12,17-20,26-29,40-42,47-49,59-71,93-94,111-112H,7-8,13-16,21-25,30-39,43-46,89H2,1-6H3,(H2,90,113)(H2,91,114)(H,92,96)(H,95,117)(H,97,115)(H,98,122)(H,99,123)(H,100,124)(H,101,116)(H,102,120)(H,103,121)(H,104,119)(H,105,118)/t49-,59-,60-,61-,62-,63-,64-,65-,66-,67-,68?,69-,70+,71-/m0/s1. The zero-order valence-corrected chi connectivity index (χ0v) is 74.6. The van der Waals surface area contributed by atoms with Gasteiger partial charge in [-0.2, -0.15) is 0 Å². The first kappa shape index (κ1) is 99.2. The quantitative estimate of drug-likeness (QED) is 0.0335. The molecule has 0 bridgehead atoms. The predicted molar refractivity (Wildman–Crippen MR) is 476 cm³/mol. The minimum atomic E-state index is -1.83. The zero-order valence-electron chi connectivity index (χ0n) is 73.7. The number of imidazole rings is 1. The number of aromatic amines is 3. The number of H-pyrrole nitrogens is 3. The van der Waals surface area contributed by atoms with Gasteiger partial charge in [0.25, 0.3) is 0 Å². The number of nitrogens with zero attached hydrogens (tertiary/aromatic N) is 6. The Kier molecular flexibility index (Phi) is 35.7. The zero-order chi connectivity index (χ0) is 94.2. The molecule has 0 aliphatic carbocycles. The Bertz CT molecular complexity index is 5070. The highest BCUT2D eigenvalue weighted by molar-refractivity contribution is 8.00. The number of primary amides is 2. The molecule has 0 saturated carbocycles. The van der Waals surface area contributed by atoms with Gasteiger partial charge >= 0.3 is 0 Å². The molecule has 21 N–H and O–H groups in total. The number of phenols is 1. The van der Waals surface area contributed by atoms with E-state index in [1.807, 2.05) is 6.92 Å². The number of amides is 17. The fraction of sp³-hybridized carbons (Fsp3) is 0.523. The number of hydrogen-bond acceptors (Lipinski definition) is 22. The molecule has 7 heterocycles. The molecule has 17 amide bonds. The van der Waals surface area contributed by atoms with E-state index in [9.17, 15) is 58.2 Å². The molecule has 1 unspecified atom stereocenters. The molecule has 6 aromatic rings. The number of aliphatic hydroxyl groups excluding tert-OH is 1. The van der Waals surface area contributed by atoms with E-state index >= 15 is 33.6 Å². The second kappa shape index (κ2) is 46.8. The van der Waals surface area contributed by atoms with Gasteiger partial charge in [-0.15, -0.1) is 11.8 Å². The van der Waals surface area contributed by atoms with E-state index < -0.39 is 216 Å². The van der Waals surface area contributed by atoms with Crippen molar-refractivity contribution < 1.29 is 91.7 Å². The smallest absolute Gasteiger partial charge is 0.246 e. The number of aromatic nitrogens is 4. The second-order valence-electron chi connectivity index (χ2n) is 33.8. The van der Waals surface area contributed by atoms with Crippen molar-refractivity contribution >= 4 is 134 Å². The van der Waals surface area contributed by atoms with Crippen LogP contribution in [0.5, 0.6) is 5.75 Å². The van der Waals surface area contributed by atoms with Gasteiger partial charge in [-0.25, -0.2) is 4.98 Å². The first-order valence-corrected chi connectivity index (χ1v) is 45.1. The molecule has 0 radical (unpaired) electrons. The maximum atomic E-state index is 15.6. The van der Waals surface area contributed by atoms with Crippen molar-refractivity contribution in [3.63, 3.8) is 0 Å². The molecule has 41 nitrogen and oxygen atoms in total. The number of para-hydroxylation sites is 2. The van der Waals surface area contributed by atoms with Crippen molar-refractivity contribution in [1.82, 2.24) is 97.6 Å². The Morgan fingerprint density at radius 1 is 0.531 bits per heavy atom. The highest BCUT2D eigenvalue weighted by Crippen LogP contribution is 2.29. The number of likely N-dealkylation sites (N-methyl/N-ethyl adjacent to an activating group) is 2. The van der Waals surface area contributed by atoms with Crippen LogP contribution in [0.25, 0.3) is 21.8 Å². The summed E-state index contributed by atoms with van der Waals surface area (Å²) >= 11 is 0.790. The minimum Gasteiger partial charge on any atom is -0.508 e. The van der Waals surface area contributed by atoms with Crippen LogP contribution in [0.4, 0.5) is 0 Å². The van der Waals surface area contributed by atoms with Crippen LogP contribution in [0, 0.1) is 5.92 Å². The van der Waals surface area contributed by atoms with E-state index in [1.165, 1.54) is 72.5 Å². The molecule has 14 atom stereocenters. The monoisotopic (exact) mass is 1820 g/mol. The molecule has 4 aliphatic heterocycles. The lowest BCUT2D eigenvalue weighted by atomic mass is 10.0. The summed E-state index contributed by atoms with van der Waals surface area (Å²) < 4.78 is 0. The van der Waals surface area contributed by atoms with Gasteiger partial charge in [0.05, 0.1) is 31.7 Å². The third kappa shape index (κ3) is 26.2. The van der Waals surface area contributed by atoms with Crippen molar-refractivity contribution in [3.8, 4) is 5.75 Å². The molecule has 4 aliphatic rings. The Morgan fingerprint density at radius 3 is 1.56 bits per heavy atom. The molecular formula is C88H120N22O19S. The molecule has 10 rings (SSSR count). The van der Waals surface area contributed by atoms with Gasteiger partial charge in [0, 0.05) is 111 Å². The van der Waals surface area contributed by atoms with Gasteiger partial charge < -0.3 is 120 Å². The number of hydrogen-bond donors (Lipinski definition) is 18. The third-order valence-corrected chi connectivity index (χ3v) is 24.9.